The van der Waals surface area contributed by atoms with E-state index in [0.717, 1.165) is 0 Å². The lowest BCUT2D eigenvalue weighted by atomic mass is 10.1. The van der Waals surface area contributed by atoms with Crippen LogP contribution in [0.1, 0.15) is 11.6 Å². The van der Waals surface area contributed by atoms with Crippen molar-refractivity contribution in [1.82, 2.24) is 0 Å². The fourth-order valence-corrected chi connectivity index (χ4v) is 1.24. The van der Waals surface area contributed by atoms with E-state index >= 15 is 0 Å². The molecule has 0 spiro atoms. The van der Waals surface area contributed by atoms with Gasteiger partial charge in [-0.2, -0.15) is 0 Å². The van der Waals surface area contributed by atoms with Crippen molar-refractivity contribution in [2.45, 2.75) is 6.04 Å². The number of halogens is 3. The van der Waals surface area contributed by atoms with Gasteiger partial charge in [-0.1, -0.05) is 17.7 Å². The maximum atomic E-state index is 12.6. The minimum atomic E-state index is -0.368. The molecule has 0 radical (unpaired) electrons. The van der Waals surface area contributed by atoms with Gasteiger partial charge in [0.25, 0.3) is 0 Å². The van der Waals surface area contributed by atoms with E-state index in [1.165, 1.54) is 12.1 Å². The van der Waals surface area contributed by atoms with Crippen LogP contribution in [0.25, 0.3) is 0 Å². The van der Waals surface area contributed by atoms with Crippen molar-refractivity contribution in [1.29, 1.82) is 0 Å². The van der Waals surface area contributed by atoms with Crippen molar-refractivity contribution in [3.63, 3.8) is 0 Å². The highest BCUT2D eigenvalue weighted by Gasteiger charge is 2.08. The zero-order valence-electron chi connectivity index (χ0n) is 6.84. The standard InChI is InChI=1S/C8H10ClFN2.ClH/c9-7-3-5(10)1-2-6(7)8(12)4-11;/h1-3,8H,4,11-12H2;1H/t8-;/m0./s1. The molecule has 1 aromatic rings. The summed E-state index contributed by atoms with van der Waals surface area (Å²) in [6.07, 6.45) is 0. The summed E-state index contributed by atoms with van der Waals surface area (Å²) in [5.41, 5.74) is 11.6. The van der Waals surface area contributed by atoms with Gasteiger partial charge in [-0.05, 0) is 17.7 Å². The third-order valence-corrected chi connectivity index (χ3v) is 1.94. The van der Waals surface area contributed by atoms with Crippen LogP contribution in [0.15, 0.2) is 18.2 Å². The number of rotatable bonds is 2. The summed E-state index contributed by atoms with van der Waals surface area (Å²) < 4.78 is 12.6. The van der Waals surface area contributed by atoms with Gasteiger partial charge < -0.3 is 11.5 Å². The Morgan fingerprint density at radius 2 is 2.08 bits per heavy atom. The first-order chi connectivity index (χ1) is 5.65. The highest BCUT2D eigenvalue weighted by molar-refractivity contribution is 6.31. The zero-order valence-corrected chi connectivity index (χ0v) is 8.41. The van der Waals surface area contributed by atoms with Gasteiger partial charge in [-0.15, -0.1) is 12.4 Å². The van der Waals surface area contributed by atoms with Crippen LogP contribution in [0.2, 0.25) is 5.02 Å². The first-order valence-corrected chi connectivity index (χ1v) is 3.93. The summed E-state index contributed by atoms with van der Waals surface area (Å²) in [6.45, 7) is 0.297. The molecule has 1 aromatic carbocycles. The molecule has 4 N–H and O–H groups in total. The lowest BCUT2D eigenvalue weighted by Gasteiger charge is -2.10. The van der Waals surface area contributed by atoms with Crippen molar-refractivity contribution < 1.29 is 4.39 Å². The summed E-state index contributed by atoms with van der Waals surface area (Å²) in [6, 6.07) is 3.77. The zero-order chi connectivity index (χ0) is 9.14. The molecule has 74 valence electrons. The van der Waals surface area contributed by atoms with Crippen LogP contribution in [-0.2, 0) is 0 Å². The van der Waals surface area contributed by atoms with E-state index in [2.05, 4.69) is 0 Å². The van der Waals surface area contributed by atoms with Crippen LogP contribution in [0.5, 0.6) is 0 Å². The average Bonchev–Trinajstić information content (AvgIpc) is 2.03. The van der Waals surface area contributed by atoms with Crippen LogP contribution in [0.4, 0.5) is 4.39 Å². The minimum absolute atomic E-state index is 0. The van der Waals surface area contributed by atoms with Gasteiger partial charge in [-0.25, -0.2) is 4.39 Å². The molecule has 1 rings (SSSR count). The molecule has 0 aromatic heterocycles. The highest BCUT2D eigenvalue weighted by Crippen LogP contribution is 2.21. The Bertz CT molecular complexity index is 281. The second-order valence-electron chi connectivity index (χ2n) is 2.51. The van der Waals surface area contributed by atoms with E-state index in [0.29, 0.717) is 17.1 Å². The molecule has 0 amide bonds. The van der Waals surface area contributed by atoms with E-state index in [4.69, 9.17) is 23.1 Å². The van der Waals surface area contributed by atoms with E-state index in [1.54, 1.807) is 6.07 Å². The SMILES string of the molecule is Cl.NC[C@H](N)c1ccc(F)cc1Cl. The number of benzene rings is 1. The summed E-state index contributed by atoms with van der Waals surface area (Å²) >= 11 is 5.73. The predicted molar refractivity (Wildman–Crippen MR) is 54.6 cm³/mol. The maximum Gasteiger partial charge on any atom is 0.124 e. The predicted octanol–water partition coefficient (Wildman–Crippen LogP) is 1.86. The lowest BCUT2D eigenvalue weighted by Crippen LogP contribution is -2.21. The monoisotopic (exact) mass is 224 g/mol. The van der Waals surface area contributed by atoms with Crippen molar-refractivity contribution in [3.05, 3.63) is 34.6 Å². The molecule has 0 aliphatic rings. The van der Waals surface area contributed by atoms with Crippen LogP contribution < -0.4 is 11.5 Å². The fourth-order valence-electron chi connectivity index (χ4n) is 0.929. The van der Waals surface area contributed by atoms with Gasteiger partial charge in [0.1, 0.15) is 5.82 Å². The molecule has 0 fully saturated rings. The van der Waals surface area contributed by atoms with E-state index < -0.39 is 0 Å². The molecule has 0 heterocycles. The van der Waals surface area contributed by atoms with Gasteiger partial charge in [0, 0.05) is 17.6 Å². The van der Waals surface area contributed by atoms with E-state index in [1.807, 2.05) is 0 Å². The Morgan fingerprint density at radius 1 is 1.46 bits per heavy atom. The second-order valence-corrected chi connectivity index (χ2v) is 2.92. The molecule has 0 unspecified atom stereocenters. The number of hydrogen-bond donors (Lipinski definition) is 2. The Kier molecular flexibility index (Phi) is 5.25. The fraction of sp³-hybridized carbons (Fsp3) is 0.250. The summed E-state index contributed by atoms with van der Waals surface area (Å²) in [5.74, 6) is -0.368. The van der Waals surface area contributed by atoms with E-state index in [-0.39, 0.29) is 24.3 Å². The first kappa shape index (κ1) is 12.7. The maximum absolute atomic E-state index is 12.6. The van der Waals surface area contributed by atoms with Gasteiger partial charge in [-0.3, -0.25) is 0 Å². The molecule has 0 bridgehead atoms. The first-order valence-electron chi connectivity index (χ1n) is 3.55. The van der Waals surface area contributed by atoms with Crippen LogP contribution >= 0.6 is 24.0 Å². The Hall–Kier alpha value is -0.350. The molecule has 13 heavy (non-hydrogen) atoms. The van der Waals surface area contributed by atoms with Crippen molar-refractivity contribution in [3.8, 4) is 0 Å². The van der Waals surface area contributed by atoms with E-state index in [9.17, 15) is 4.39 Å². The van der Waals surface area contributed by atoms with Crippen molar-refractivity contribution >= 4 is 24.0 Å². The van der Waals surface area contributed by atoms with Crippen molar-refractivity contribution in [2.24, 2.45) is 11.5 Å². The summed E-state index contributed by atoms with van der Waals surface area (Å²) in [7, 11) is 0. The van der Waals surface area contributed by atoms with Crippen LogP contribution in [0, 0.1) is 5.82 Å². The Labute approximate surface area is 87.5 Å². The van der Waals surface area contributed by atoms with Crippen molar-refractivity contribution in [2.75, 3.05) is 6.54 Å². The average molecular weight is 225 g/mol. The van der Waals surface area contributed by atoms with Gasteiger partial charge in [0.15, 0.2) is 0 Å². The lowest BCUT2D eigenvalue weighted by molar-refractivity contribution is 0.625. The number of nitrogens with two attached hydrogens (primary N) is 2. The summed E-state index contributed by atoms with van der Waals surface area (Å²) in [5, 5.41) is 0.327. The second kappa shape index (κ2) is 5.40. The Morgan fingerprint density at radius 3 is 2.54 bits per heavy atom. The normalized spacial score (nSPS) is 12.0. The highest BCUT2D eigenvalue weighted by atomic mass is 35.5. The molecule has 0 aliphatic carbocycles. The molecular formula is C8H11Cl2FN2. The largest absolute Gasteiger partial charge is 0.329 e. The van der Waals surface area contributed by atoms with Crippen LogP contribution in [-0.4, -0.2) is 6.54 Å². The molecule has 2 nitrogen and oxygen atoms in total. The molecule has 0 saturated heterocycles. The van der Waals surface area contributed by atoms with Gasteiger partial charge >= 0.3 is 0 Å². The molecular weight excluding hydrogens is 214 g/mol. The molecule has 1 atom stereocenters. The third-order valence-electron chi connectivity index (χ3n) is 1.62. The third kappa shape index (κ3) is 3.12. The molecule has 0 aliphatic heterocycles. The summed E-state index contributed by atoms with van der Waals surface area (Å²) in [4.78, 5) is 0. The molecule has 5 heteroatoms. The smallest absolute Gasteiger partial charge is 0.124 e. The topological polar surface area (TPSA) is 52.0 Å². The number of hydrogen-bond acceptors (Lipinski definition) is 2. The van der Waals surface area contributed by atoms with Gasteiger partial charge in [0.2, 0.25) is 0 Å². The molecule has 0 saturated carbocycles. The quantitative estimate of drug-likeness (QED) is 0.807. The minimum Gasteiger partial charge on any atom is -0.329 e. The Balaban J connectivity index is 0.00000144. The van der Waals surface area contributed by atoms with Crippen LogP contribution in [0.3, 0.4) is 0 Å². The van der Waals surface area contributed by atoms with Gasteiger partial charge in [0.05, 0.1) is 0 Å².